The average Bonchev–Trinajstić information content (AvgIpc) is 0.811. The summed E-state index contributed by atoms with van der Waals surface area (Å²) in [6.07, 6.45) is 0. The van der Waals surface area contributed by atoms with Gasteiger partial charge in [0.1, 0.15) is 0 Å². The van der Waals surface area contributed by atoms with Crippen LogP contribution in [-0.4, -0.2) is 0 Å². The normalized spacial score (nSPS) is 8.75. The van der Waals surface area contributed by atoms with Crippen molar-refractivity contribution in [3.63, 3.8) is 0 Å². The summed E-state index contributed by atoms with van der Waals surface area (Å²) in [6, 6.07) is 0. The third-order valence-electron chi connectivity index (χ3n) is 0. The van der Waals surface area contributed by atoms with Crippen LogP contribution in [0, 0.1) is 0 Å². The van der Waals surface area contributed by atoms with E-state index in [0.717, 1.165) is 0 Å². The number of rotatable bonds is 0. The fourth-order valence-electron chi connectivity index (χ4n) is 0. The van der Waals surface area contributed by atoms with Crippen molar-refractivity contribution >= 4 is 0 Å². The summed E-state index contributed by atoms with van der Waals surface area (Å²) in [7, 11) is 0. The molecule has 0 amide bonds. The Morgan fingerprint density at radius 3 is 1.50 bits per heavy atom. The standard InChI is InChI=1S/3O.W/q;2*-1;. The molecular formula is O3W-2. The fraction of sp³-hybridized carbons (Fsp3) is 0. The first-order valence-corrected chi connectivity index (χ1v) is 4.09. The predicted molar refractivity (Wildman–Crippen MR) is 0.686 cm³/mol. The summed E-state index contributed by atoms with van der Waals surface area (Å²) in [6.45, 7) is 0. The summed E-state index contributed by atoms with van der Waals surface area (Å²) in [5.41, 5.74) is 0. The molecule has 0 aromatic carbocycles. The van der Waals surface area contributed by atoms with Gasteiger partial charge in [-0.15, -0.1) is 0 Å². The number of hydrogen-bond donors (Lipinski definition) is 0. The van der Waals surface area contributed by atoms with Gasteiger partial charge in [-0.2, -0.15) is 0 Å². The van der Waals surface area contributed by atoms with E-state index >= 15 is 0 Å². The Morgan fingerprint density at radius 2 is 1.50 bits per heavy atom. The van der Waals surface area contributed by atoms with Gasteiger partial charge in [-0.1, -0.05) is 0 Å². The number of hydrogen-bond acceptors (Lipinski definition) is 3. The Bertz CT molecular complexity index is 26.3. The van der Waals surface area contributed by atoms with Gasteiger partial charge in [0, 0.05) is 0 Å². The molecule has 0 saturated heterocycles. The molecule has 0 aliphatic carbocycles. The maximum atomic E-state index is 8.61. The second kappa shape index (κ2) is 1.70. The van der Waals surface area contributed by atoms with Crippen molar-refractivity contribution in [3.8, 4) is 0 Å². The quantitative estimate of drug-likeness (QED) is 0.463. The molecule has 0 unspecified atom stereocenters. The van der Waals surface area contributed by atoms with Gasteiger partial charge >= 0.3 is 29.0 Å². The van der Waals surface area contributed by atoms with Crippen molar-refractivity contribution in [2.75, 3.05) is 0 Å². The molecule has 0 bridgehead atoms. The minimum absolute atomic E-state index is 4.28. The molecule has 0 aromatic rings. The molecule has 0 heterocycles. The molecule has 0 spiro atoms. The molecule has 26 valence electrons. The zero-order chi connectivity index (χ0) is 3.58. The third kappa shape index (κ3) is 28.7. The summed E-state index contributed by atoms with van der Waals surface area (Å²) >= 11 is -4.28. The van der Waals surface area contributed by atoms with E-state index in [-0.39, 0.29) is 0 Å². The SMILES string of the molecule is [O]=[W]([O-])[O-]. The molecule has 0 aromatic heterocycles. The Kier molecular flexibility index (Phi) is 1.88. The van der Waals surface area contributed by atoms with E-state index in [1.165, 1.54) is 0 Å². The van der Waals surface area contributed by atoms with E-state index in [4.69, 9.17) is 10.9 Å². The maximum absolute atomic E-state index is 8.61. The van der Waals surface area contributed by atoms with Crippen LogP contribution in [0.4, 0.5) is 0 Å². The van der Waals surface area contributed by atoms with Crippen LogP contribution in [0.1, 0.15) is 0 Å². The van der Waals surface area contributed by atoms with E-state index in [0.29, 0.717) is 0 Å². The van der Waals surface area contributed by atoms with E-state index < -0.39 is 18.0 Å². The van der Waals surface area contributed by atoms with Crippen LogP contribution in [0.25, 0.3) is 0 Å². The molecule has 0 atom stereocenters. The fourth-order valence-corrected chi connectivity index (χ4v) is 0. The predicted octanol–water partition coefficient (Wildman–Crippen LogP) is -2.50. The first-order valence-electron chi connectivity index (χ1n) is 0.500. The first-order chi connectivity index (χ1) is 1.73. The van der Waals surface area contributed by atoms with Gasteiger partial charge in [0.2, 0.25) is 0 Å². The Hall–Kier alpha value is 0.408. The van der Waals surface area contributed by atoms with Crippen molar-refractivity contribution in [2.24, 2.45) is 0 Å². The Labute approximate surface area is 29.7 Å². The molecule has 0 aliphatic heterocycles. The van der Waals surface area contributed by atoms with Gasteiger partial charge in [0.05, 0.1) is 0 Å². The van der Waals surface area contributed by atoms with Crippen LogP contribution >= 0.6 is 0 Å². The molecule has 4 heavy (non-hydrogen) atoms. The molecular weight excluding hydrogens is 232 g/mol. The van der Waals surface area contributed by atoms with Gasteiger partial charge < -0.3 is 0 Å². The summed E-state index contributed by atoms with van der Waals surface area (Å²) in [5, 5.41) is 0. The van der Waals surface area contributed by atoms with E-state index in [1.807, 2.05) is 0 Å². The Morgan fingerprint density at radius 1 is 1.50 bits per heavy atom. The molecule has 0 saturated carbocycles. The molecule has 0 N–H and O–H groups in total. The van der Waals surface area contributed by atoms with Crippen LogP contribution in [0.3, 0.4) is 0 Å². The van der Waals surface area contributed by atoms with Gasteiger partial charge in [-0.05, 0) is 0 Å². The topological polar surface area (TPSA) is 63.2 Å². The van der Waals surface area contributed by atoms with Crippen molar-refractivity contribution in [1.82, 2.24) is 0 Å². The van der Waals surface area contributed by atoms with E-state index in [2.05, 4.69) is 0 Å². The monoisotopic (exact) mass is 232 g/mol. The molecule has 0 fully saturated rings. The van der Waals surface area contributed by atoms with E-state index in [9.17, 15) is 0 Å². The zero-order valence-electron chi connectivity index (χ0n) is 1.63. The molecule has 4 heteroatoms. The van der Waals surface area contributed by atoms with Crippen molar-refractivity contribution in [2.45, 2.75) is 0 Å². The van der Waals surface area contributed by atoms with Gasteiger partial charge in [-0.3, -0.25) is 0 Å². The van der Waals surface area contributed by atoms with Crippen LogP contribution in [0.2, 0.25) is 0 Å². The minimum atomic E-state index is -4.28. The van der Waals surface area contributed by atoms with Gasteiger partial charge in [-0.25, -0.2) is 0 Å². The van der Waals surface area contributed by atoms with Gasteiger partial charge in [0.25, 0.3) is 0 Å². The van der Waals surface area contributed by atoms with Crippen molar-refractivity contribution in [1.29, 1.82) is 0 Å². The van der Waals surface area contributed by atoms with Crippen LogP contribution in [0.5, 0.6) is 0 Å². The second-order valence-corrected chi connectivity index (χ2v) is 1.67. The summed E-state index contributed by atoms with van der Waals surface area (Å²) in [5.74, 6) is 0. The summed E-state index contributed by atoms with van der Waals surface area (Å²) < 4.78 is 25.8. The average molecular weight is 232 g/mol. The van der Waals surface area contributed by atoms with Crippen molar-refractivity contribution < 1.29 is 29.0 Å². The molecule has 0 aliphatic rings. The van der Waals surface area contributed by atoms with E-state index in [1.54, 1.807) is 0 Å². The zero-order valence-corrected chi connectivity index (χ0v) is 4.57. The van der Waals surface area contributed by atoms with Gasteiger partial charge in [0.15, 0.2) is 0 Å². The Balaban J connectivity index is 2.80. The van der Waals surface area contributed by atoms with Crippen molar-refractivity contribution in [3.05, 3.63) is 0 Å². The van der Waals surface area contributed by atoms with Crippen LogP contribution in [-0.2, 0) is 21.4 Å². The van der Waals surface area contributed by atoms with Crippen LogP contribution in [0.15, 0.2) is 0 Å². The third-order valence-corrected chi connectivity index (χ3v) is 0. The molecule has 3 nitrogen and oxygen atoms in total. The second-order valence-electron chi connectivity index (χ2n) is 0.204. The summed E-state index contributed by atoms with van der Waals surface area (Å²) in [4.78, 5) is 0. The molecule has 0 radical (unpaired) electrons. The molecule has 0 rings (SSSR count). The van der Waals surface area contributed by atoms with Crippen LogP contribution < -0.4 is 7.52 Å². The first kappa shape index (κ1) is 4.41.